The zero-order valence-corrected chi connectivity index (χ0v) is 14.9. The number of nitrogens with zero attached hydrogens (tertiary/aromatic N) is 1. The van der Waals surface area contributed by atoms with E-state index < -0.39 is 5.97 Å². The first-order chi connectivity index (χ1) is 12.0. The van der Waals surface area contributed by atoms with Crippen LogP contribution in [0.1, 0.15) is 55.6 Å². The zero-order chi connectivity index (χ0) is 17.8. The lowest BCUT2D eigenvalue weighted by molar-refractivity contribution is -0.142. The molecule has 1 aromatic rings. The van der Waals surface area contributed by atoms with E-state index in [0.717, 1.165) is 38.8 Å². The van der Waals surface area contributed by atoms with Crippen LogP contribution in [0.4, 0.5) is 4.79 Å². The second-order valence-electron chi connectivity index (χ2n) is 7.45. The van der Waals surface area contributed by atoms with E-state index in [4.69, 9.17) is 5.11 Å². The molecule has 0 radical (unpaired) electrons. The summed E-state index contributed by atoms with van der Waals surface area (Å²) in [6, 6.07) is 8.66. The summed E-state index contributed by atoms with van der Waals surface area (Å²) in [5, 5.41) is 12.2. The van der Waals surface area contributed by atoms with Crippen molar-refractivity contribution >= 4 is 12.0 Å². The summed E-state index contributed by atoms with van der Waals surface area (Å²) in [4.78, 5) is 25.4. The minimum atomic E-state index is -0.706. The number of carboxylic acids is 1. The van der Waals surface area contributed by atoms with Crippen molar-refractivity contribution in [3.8, 4) is 0 Å². The number of rotatable bonds is 3. The van der Waals surface area contributed by atoms with E-state index in [2.05, 4.69) is 36.5 Å². The van der Waals surface area contributed by atoms with Gasteiger partial charge in [-0.3, -0.25) is 4.79 Å². The number of nitrogens with one attached hydrogen (secondary N) is 1. The number of hydrogen-bond donors (Lipinski definition) is 2. The highest BCUT2D eigenvalue weighted by atomic mass is 16.4. The van der Waals surface area contributed by atoms with Gasteiger partial charge in [0.25, 0.3) is 0 Å². The molecule has 5 nitrogen and oxygen atoms in total. The van der Waals surface area contributed by atoms with E-state index in [9.17, 15) is 9.59 Å². The van der Waals surface area contributed by atoms with E-state index in [-0.39, 0.29) is 18.0 Å². The first-order valence-electron chi connectivity index (χ1n) is 9.38. The predicted molar refractivity (Wildman–Crippen MR) is 96.6 cm³/mol. The molecular weight excluding hydrogens is 316 g/mol. The maximum atomic E-state index is 12.5. The van der Waals surface area contributed by atoms with Gasteiger partial charge in [-0.15, -0.1) is 0 Å². The molecule has 1 saturated heterocycles. The van der Waals surface area contributed by atoms with Crippen molar-refractivity contribution in [2.75, 3.05) is 13.1 Å². The number of carboxylic acid groups (broad SMARTS) is 1. The Morgan fingerprint density at radius 1 is 1.04 bits per heavy atom. The molecule has 1 saturated carbocycles. The van der Waals surface area contributed by atoms with Crippen molar-refractivity contribution in [2.24, 2.45) is 5.92 Å². The standard InChI is InChI=1S/C20H28N2O3/c1-14-4-2-3-5-18(14)15-10-12-22(13-11-15)20(25)21-17-8-6-16(7-9-17)19(23)24/h2-5,15-17H,6-13H2,1H3,(H,21,25)(H,23,24). The topological polar surface area (TPSA) is 69.6 Å². The number of likely N-dealkylation sites (tertiary alicyclic amines) is 1. The summed E-state index contributed by atoms with van der Waals surface area (Å²) in [5.74, 6) is -0.405. The summed E-state index contributed by atoms with van der Waals surface area (Å²) in [5.41, 5.74) is 2.75. The Morgan fingerprint density at radius 2 is 1.68 bits per heavy atom. The van der Waals surface area contributed by atoms with Crippen molar-refractivity contribution in [1.29, 1.82) is 0 Å². The number of benzene rings is 1. The van der Waals surface area contributed by atoms with Crippen LogP contribution in [0.2, 0.25) is 0 Å². The monoisotopic (exact) mass is 344 g/mol. The third-order valence-corrected chi connectivity index (χ3v) is 5.81. The molecule has 0 aromatic heterocycles. The summed E-state index contributed by atoms with van der Waals surface area (Å²) >= 11 is 0. The van der Waals surface area contributed by atoms with Crippen LogP contribution in [0.5, 0.6) is 0 Å². The van der Waals surface area contributed by atoms with Gasteiger partial charge in [0.15, 0.2) is 0 Å². The molecule has 136 valence electrons. The highest BCUT2D eigenvalue weighted by molar-refractivity contribution is 5.75. The molecule has 1 aliphatic heterocycles. The van der Waals surface area contributed by atoms with Crippen LogP contribution in [0.3, 0.4) is 0 Å². The molecule has 2 N–H and O–H groups in total. The van der Waals surface area contributed by atoms with Gasteiger partial charge < -0.3 is 15.3 Å². The van der Waals surface area contributed by atoms with Crippen molar-refractivity contribution in [2.45, 2.75) is 57.4 Å². The normalized spacial score (nSPS) is 24.8. The SMILES string of the molecule is Cc1ccccc1C1CCN(C(=O)NC2CCC(C(=O)O)CC2)CC1. The molecule has 0 bridgehead atoms. The molecule has 1 aliphatic carbocycles. The van der Waals surface area contributed by atoms with Gasteiger partial charge in [-0.05, 0) is 62.5 Å². The molecule has 0 atom stereocenters. The van der Waals surface area contributed by atoms with E-state index >= 15 is 0 Å². The van der Waals surface area contributed by atoms with Gasteiger partial charge in [0.1, 0.15) is 0 Å². The van der Waals surface area contributed by atoms with Crippen LogP contribution in [0, 0.1) is 12.8 Å². The number of carbonyl (C=O) groups is 2. The van der Waals surface area contributed by atoms with Gasteiger partial charge >= 0.3 is 12.0 Å². The van der Waals surface area contributed by atoms with E-state index in [0.29, 0.717) is 18.8 Å². The molecule has 0 unspecified atom stereocenters. The lowest BCUT2D eigenvalue weighted by atomic mass is 9.86. The highest BCUT2D eigenvalue weighted by Crippen LogP contribution is 2.30. The van der Waals surface area contributed by atoms with Crippen LogP contribution >= 0.6 is 0 Å². The Bertz CT molecular complexity index is 615. The molecule has 2 aliphatic rings. The number of aliphatic carboxylic acids is 1. The zero-order valence-electron chi connectivity index (χ0n) is 14.9. The molecule has 2 amide bonds. The van der Waals surface area contributed by atoms with Crippen LogP contribution < -0.4 is 5.32 Å². The molecule has 5 heteroatoms. The Balaban J connectivity index is 1.46. The van der Waals surface area contributed by atoms with Gasteiger partial charge in [0.05, 0.1) is 5.92 Å². The molecule has 1 heterocycles. The summed E-state index contributed by atoms with van der Waals surface area (Å²) in [6.07, 6.45) is 4.87. The van der Waals surface area contributed by atoms with Crippen molar-refractivity contribution < 1.29 is 14.7 Å². The molecule has 1 aromatic carbocycles. The predicted octanol–water partition coefficient (Wildman–Crippen LogP) is 3.53. The van der Waals surface area contributed by atoms with Crippen LogP contribution in [-0.2, 0) is 4.79 Å². The number of amides is 2. The van der Waals surface area contributed by atoms with Crippen LogP contribution in [-0.4, -0.2) is 41.1 Å². The second-order valence-corrected chi connectivity index (χ2v) is 7.45. The molecule has 2 fully saturated rings. The number of aryl methyl sites for hydroxylation is 1. The quantitative estimate of drug-likeness (QED) is 0.881. The van der Waals surface area contributed by atoms with Crippen LogP contribution in [0.15, 0.2) is 24.3 Å². The van der Waals surface area contributed by atoms with Crippen molar-refractivity contribution in [3.63, 3.8) is 0 Å². The molecule has 3 rings (SSSR count). The number of urea groups is 1. The summed E-state index contributed by atoms with van der Waals surface area (Å²) < 4.78 is 0. The minimum absolute atomic E-state index is 0.0157. The second kappa shape index (κ2) is 7.89. The molecular formula is C20H28N2O3. The fourth-order valence-electron chi connectivity index (χ4n) is 4.19. The largest absolute Gasteiger partial charge is 0.481 e. The highest BCUT2D eigenvalue weighted by Gasteiger charge is 2.29. The first-order valence-corrected chi connectivity index (χ1v) is 9.38. The number of piperidine rings is 1. The average Bonchev–Trinajstić information content (AvgIpc) is 2.63. The number of hydrogen-bond acceptors (Lipinski definition) is 2. The number of carbonyl (C=O) groups excluding carboxylic acids is 1. The fraction of sp³-hybridized carbons (Fsp3) is 0.600. The lowest BCUT2D eigenvalue weighted by Gasteiger charge is -2.35. The Hall–Kier alpha value is -2.04. The minimum Gasteiger partial charge on any atom is -0.481 e. The average molecular weight is 344 g/mol. The third kappa shape index (κ3) is 4.33. The Kier molecular flexibility index (Phi) is 5.61. The van der Waals surface area contributed by atoms with Crippen molar-refractivity contribution in [1.82, 2.24) is 10.2 Å². The smallest absolute Gasteiger partial charge is 0.317 e. The third-order valence-electron chi connectivity index (χ3n) is 5.81. The van der Waals surface area contributed by atoms with E-state index in [1.165, 1.54) is 11.1 Å². The molecule has 25 heavy (non-hydrogen) atoms. The Morgan fingerprint density at radius 3 is 2.28 bits per heavy atom. The van der Waals surface area contributed by atoms with Gasteiger partial charge in [0, 0.05) is 19.1 Å². The van der Waals surface area contributed by atoms with Gasteiger partial charge in [-0.1, -0.05) is 24.3 Å². The lowest BCUT2D eigenvalue weighted by Crippen LogP contribution is -2.48. The van der Waals surface area contributed by atoms with Gasteiger partial charge in [0.2, 0.25) is 0 Å². The van der Waals surface area contributed by atoms with Crippen molar-refractivity contribution in [3.05, 3.63) is 35.4 Å². The first kappa shape index (κ1) is 17.8. The maximum Gasteiger partial charge on any atom is 0.317 e. The van der Waals surface area contributed by atoms with E-state index in [1.807, 2.05) is 4.90 Å². The van der Waals surface area contributed by atoms with E-state index in [1.54, 1.807) is 0 Å². The molecule has 0 spiro atoms. The van der Waals surface area contributed by atoms with Gasteiger partial charge in [-0.25, -0.2) is 4.79 Å². The van der Waals surface area contributed by atoms with Gasteiger partial charge in [-0.2, -0.15) is 0 Å². The Labute approximate surface area is 149 Å². The summed E-state index contributed by atoms with van der Waals surface area (Å²) in [6.45, 7) is 3.73. The van der Waals surface area contributed by atoms with Crippen LogP contribution in [0.25, 0.3) is 0 Å². The summed E-state index contributed by atoms with van der Waals surface area (Å²) in [7, 11) is 0. The maximum absolute atomic E-state index is 12.5. The fourth-order valence-corrected chi connectivity index (χ4v) is 4.19.